The van der Waals surface area contributed by atoms with Crippen LogP contribution in [0, 0.1) is 0 Å². The zero-order chi connectivity index (χ0) is 12.8. The molecule has 2 N–H and O–H groups in total. The number of hydrogen-bond donors (Lipinski definition) is 2. The van der Waals surface area contributed by atoms with E-state index in [1.165, 1.54) is 5.56 Å². The highest BCUT2D eigenvalue weighted by atomic mass is 16.5. The molecule has 1 unspecified atom stereocenters. The highest BCUT2D eigenvalue weighted by Crippen LogP contribution is 2.19. The molecule has 1 heterocycles. The number of benzene rings is 1. The summed E-state index contributed by atoms with van der Waals surface area (Å²) < 4.78 is 5.37. The molecule has 1 aromatic carbocycles. The van der Waals surface area contributed by atoms with Gasteiger partial charge in [0.25, 0.3) is 0 Å². The number of nitrogens with one attached hydrogen (secondary N) is 2. The first kappa shape index (κ1) is 12.6. The molecule has 0 bridgehead atoms. The lowest BCUT2D eigenvalue weighted by molar-refractivity contribution is 0.405. The van der Waals surface area contributed by atoms with Gasteiger partial charge in [-0.1, -0.05) is 18.2 Å². The largest absolute Gasteiger partial charge is 0.496 e. The predicted octanol–water partition coefficient (Wildman–Crippen LogP) is 1.79. The highest BCUT2D eigenvalue weighted by Gasteiger charge is 2.12. The number of ether oxygens (including phenoxy) is 1. The standard InChI is InChI=1S/C14H19N3O/c1-15-12(10-14-16-7-8-17-14)9-11-5-3-4-6-13(11)18-2/h3-8,12,15H,9-10H2,1-2H3,(H,16,17). The van der Waals surface area contributed by atoms with E-state index in [0.717, 1.165) is 24.4 Å². The Kier molecular flexibility index (Phi) is 4.36. The Labute approximate surface area is 107 Å². The molecule has 0 saturated heterocycles. The number of nitrogens with zero attached hydrogens (tertiary/aromatic N) is 1. The van der Waals surface area contributed by atoms with E-state index in [4.69, 9.17) is 4.74 Å². The van der Waals surface area contributed by atoms with Crippen molar-refractivity contribution >= 4 is 0 Å². The fourth-order valence-corrected chi connectivity index (χ4v) is 2.06. The Morgan fingerprint density at radius 2 is 2.17 bits per heavy atom. The second-order valence-electron chi connectivity index (χ2n) is 4.24. The van der Waals surface area contributed by atoms with Gasteiger partial charge < -0.3 is 15.0 Å². The fraction of sp³-hybridized carbons (Fsp3) is 0.357. The number of aromatic nitrogens is 2. The van der Waals surface area contributed by atoms with Crippen molar-refractivity contribution in [2.24, 2.45) is 0 Å². The van der Waals surface area contributed by atoms with Crippen molar-refractivity contribution in [3.05, 3.63) is 48.0 Å². The zero-order valence-electron chi connectivity index (χ0n) is 10.8. The van der Waals surface area contributed by atoms with E-state index in [0.29, 0.717) is 6.04 Å². The van der Waals surface area contributed by atoms with Crippen LogP contribution in [0.3, 0.4) is 0 Å². The van der Waals surface area contributed by atoms with Gasteiger partial charge in [0, 0.05) is 24.9 Å². The van der Waals surface area contributed by atoms with Crippen molar-refractivity contribution in [3.8, 4) is 5.75 Å². The van der Waals surface area contributed by atoms with E-state index in [-0.39, 0.29) is 0 Å². The van der Waals surface area contributed by atoms with E-state index in [9.17, 15) is 0 Å². The average molecular weight is 245 g/mol. The summed E-state index contributed by atoms with van der Waals surface area (Å²) in [4.78, 5) is 7.40. The minimum atomic E-state index is 0.340. The summed E-state index contributed by atoms with van der Waals surface area (Å²) in [5, 5.41) is 3.32. The normalized spacial score (nSPS) is 12.3. The maximum atomic E-state index is 5.37. The molecule has 2 rings (SSSR count). The van der Waals surface area contributed by atoms with Gasteiger partial charge in [0.2, 0.25) is 0 Å². The molecule has 2 aromatic rings. The van der Waals surface area contributed by atoms with Gasteiger partial charge in [-0.05, 0) is 25.1 Å². The van der Waals surface area contributed by atoms with E-state index in [1.807, 2.05) is 31.4 Å². The van der Waals surface area contributed by atoms with Crippen molar-refractivity contribution in [2.75, 3.05) is 14.2 Å². The molecule has 0 spiro atoms. The summed E-state index contributed by atoms with van der Waals surface area (Å²) in [6.07, 6.45) is 5.43. The molecule has 0 fully saturated rings. The molecule has 0 aliphatic heterocycles. The van der Waals surface area contributed by atoms with E-state index >= 15 is 0 Å². The quantitative estimate of drug-likeness (QED) is 0.815. The van der Waals surface area contributed by atoms with Gasteiger partial charge in [0.05, 0.1) is 7.11 Å². The van der Waals surface area contributed by atoms with Crippen molar-refractivity contribution in [1.29, 1.82) is 0 Å². The second-order valence-corrected chi connectivity index (χ2v) is 4.24. The van der Waals surface area contributed by atoms with Gasteiger partial charge in [-0.25, -0.2) is 4.98 Å². The van der Waals surface area contributed by atoms with Crippen LogP contribution < -0.4 is 10.1 Å². The summed E-state index contributed by atoms with van der Waals surface area (Å²) in [5.74, 6) is 1.95. The Morgan fingerprint density at radius 1 is 1.33 bits per heavy atom. The number of para-hydroxylation sites is 1. The number of imidazole rings is 1. The summed E-state index contributed by atoms with van der Waals surface area (Å²) in [5.41, 5.74) is 1.21. The summed E-state index contributed by atoms with van der Waals surface area (Å²) in [6.45, 7) is 0. The minimum absolute atomic E-state index is 0.340. The third-order valence-electron chi connectivity index (χ3n) is 3.06. The maximum absolute atomic E-state index is 5.37. The summed E-state index contributed by atoms with van der Waals surface area (Å²) in [7, 11) is 3.68. The fourth-order valence-electron chi connectivity index (χ4n) is 2.06. The van der Waals surface area contributed by atoms with Crippen molar-refractivity contribution in [1.82, 2.24) is 15.3 Å². The van der Waals surface area contributed by atoms with Gasteiger partial charge in [-0.3, -0.25) is 0 Å². The lowest BCUT2D eigenvalue weighted by atomic mass is 10.0. The number of hydrogen-bond acceptors (Lipinski definition) is 3. The molecule has 4 heteroatoms. The molecular weight excluding hydrogens is 226 g/mol. The van der Waals surface area contributed by atoms with Crippen LogP contribution in [0.2, 0.25) is 0 Å². The molecule has 0 radical (unpaired) electrons. The third kappa shape index (κ3) is 3.11. The van der Waals surface area contributed by atoms with Crippen LogP contribution in [0.25, 0.3) is 0 Å². The first-order valence-electron chi connectivity index (χ1n) is 6.11. The SMILES string of the molecule is CNC(Cc1ncc[nH]1)Cc1ccccc1OC. The molecule has 1 atom stereocenters. The van der Waals surface area contributed by atoms with Crippen LogP contribution in [-0.2, 0) is 12.8 Å². The molecular formula is C14H19N3O. The average Bonchev–Trinajstić information content (AvgIpc) is 2.91. The smallest absolute Gasteiger partial charge is 0.122 e. The summed E-state index contributed by atoms with van der Waals surface area (Å²) in [6, 6.07) is 8.47. The van der Waals surface area contributed by atoms with Gasteiger partial charge in [-0.2, -0.15) is 0 Å². The number of likely N-dealkylation sites (N-methyl/N-ethyl adjacent to an activating group) is 1. The maximum Gasteiger partial charge on any atom is 0.122 e. The minimum Gasteiger partial charge on any atom is -0.496 e. The summed E-state index contributed by atoms with van der Waals surface area (Å²) >= 11 is 0. The van der Waals surface area contributed by atoms with Crippen molar-refractivity contribution in [2.45, 2.75) is 18.9 Å². The van der Waals surface area contributed by atoms with Crippen molar-refractivity contribution in [3.63, 3.8) is 0 Å². The first-order chi connectivity index (χ1) is 8.83. The topological polar surface area (TPSA) is 49.9 Å². The van der Waals surface area contributed by atoms with Crippen molar-refractivity contribution < 1.29 is 4.74 Å². The lowest BCUT2D eigenvalue weighted by Gasteiger charge is -2.16. The van der Waals surface area contributed by atoms with Crippen LogP contribution in [0.5, 0.6) is 5.75 Å². The molecule has 18 heavy (non-hydrogen) atoms. The second kappa shape index (κ2) is 6.21. The highest BCUT2D eigenvalue weighted by molar-refractivity contribution is 5.33. The molecule has 0 saturated carbocycles. The van der Waals surface area contributed by atoms with Gasteiger partial charge in [-0.15, -0.1) is 0 Å². The van der Waals surface area contributed by atoms with Crippen LogP contribution in [-0.4, -0.2) is 30.2 Å². The lowest BCUT2D eigenvalue weighted by Crippen LogP contribution is -2.30. The Balaban J connectivity index is 2.05. The molecule has 96 valence electrons. The number of methoxy groups -OCH3 is 1. The predicted molar refractivity (Wildman–Crippen MR) is 71.8 cm³/mol. The third-order valence-corrected chi connectivity index (χ3v) is 3.06. The molecule has 1 aromatic heterocycles. The van der Waals surface area contributed by atoms with E-state index in [1.54, 1.807) is 13.3 Å². The first-order valence-corrected chi connectivity index (χ1v) is 6.11. The van der Waals surface area contributed by atoms with E-state index < -0.39 is 0 Å². The van der Waals surface area contributed by atoms with Crippen LogP contribution in [0.4, 0.5) is 0 Å². The van der Waals surface area contributed by atoms with E-state index in [2.05, 4.69) is 21.4 Å². The van der Waals surface area contributed by atoms with Gasteiger partial charge >= 0.3 is 0 Å². The monoisotopic (exact) mass is 245 g/mol. The Morgan fingerprint density at radius 3 is 2.83 bits per heavy atom. The number of rotatable bonds is 6. The Bertz CT molecular complexity index is 468. The molecule has 0 aliphatic rings. The van der Waals surface area contributed by atoms with Crippen LogP contribution in [0.15, 0.2) is 36.7 Å². The Hall–Kier alpha value is -1.81. The molecule has 0 amide bonds. The molecule has 4 nitrogen and oxygen atoms in total. The number of H-pyrrole nitrogens is 1. The van der Waals surface area contributed by atoms with Gasteiger partial charge in [0.1, 0.15) is 11.6 Å². The zero-order valence-corrected chi connectivity index (χ0v) is 10.8. The number of aromatic amines is 1. The van der Waals surface area contributed by atoms with Gasteiger partial charge in [0.15, 0.2) is 0 Å². The molecule has 0 aliphatic carbocycles. The van der Waals surface area contributed by atoms with Crippen LogP contribution in [0.1, 0.15) is 11.4 Å². The van der Waals surface area contributed by atoms with Crippen LogP contribution >= 0.6 is 0 Å².